The van der Waals surface area contributed by atoms with Gasteiger partial charge in [0.2, 0.25) is 5.91 Å². The summed E-state index contributed by atoms with van der Waals surface area (Å²) in [5, 5.41) is 14.0. The van der Waals surface area contributed by atoms with Crippen LogP contribution in [-0.4, -0.2) is 57.1 Å². The molecule has 1 aliphatic carbocycles. The number of ether oxygens (including phenoxy) is 3. The average molecular weight is 577 g/mol. The van der Waals surface area contributed by atoms with Crippen molar-refractivity contribution >= 4 is 18.3 Å². The Hall–Kier alpha value is -2.32. The van der Waals surface area contributed by atoms with Crippen molar-refractivity contribution in [3.05, 3.63) is 59.7 Å². The van der Waals surface area contributed by atoms with Crippen LogP contribution in [0.1, 0.15) is 63.5 Å². The van der Waals surface area contributed by atoms with Crippen molar-refractivity contribution in [3.63, 3.8) is 0 Å². The molecule has 1 fully saturated rings. The molecule has 40 heavy (non-hydrogen) atoms. The van der Waals surface area contributed by atoms with Crippen LogP contribution >= 0.6 is 12.4 Å². The normalized spacial score (nSPS) is 16.6. The van der Waals surface area contributed by atoms with Crippen LogP contribution in [0.2, 0.25) is 0 Å². The maximum absolute atomic E-state index is 13.4. The molecule has 0 bridgehead atoms. The van der Waals surface area contributed by atoms with Gasteiger partial charge in [-0.25, -0.2) is 0 Å². The summed E-state index contributed by atoms with van der Waals surface area (Å²) >= 11 is 0. The Labute approximate surface area is 246 Å². The molecule has 4 N–H and O–H groups in total. The number of aliphatic hydroxyl groups is 1. The smallest absolute Gasteiger partial charge is 0.230 e. The number of rotatable bonds is 16. The predicted molar refractivity (Wildman–Crippen MR) is 162 cm³/mol. The number of carbonyl (C=O) groups is 1. The zero-order chi connectivity index (χ0) is 28.3. The van der Waals surface area contributed by atoms with E-state index < -0.39 is 17.6 Å². The molecule has 2 aromatic rings. The van der Waals surface area contributed by atoms with E-state index in [1.165, 1.54) is 0 Å². The molecule has 0 aliphatic heterocycles. The van der Waals surface area contributed by atoms with E-state index in [1.807, 2.05) is 42.5 Å². The second-order valence-corrected chi connectivity index (χ2v) is 11.2. The number of halogens is 1. The van der Waals surface area contributed by atoms with Gasteiger partial charge in [0.05, 0.1) is 25.2 Å². The zero-order valence-corrected chi connectivity index (χ0v) is 25.4. The molecule has 7 nitrogen and oxygen atoms in total. The molecular weight excluding hydrogens is 528 g/mol. The maximum Gasteiger partial charge on any atom is 0.230 e. The summed E-state index contributed by atoms with van der Waals surface area (Å²) < 4.78 is 16.5. The Bertz CT molecular complexity index is 1010. The Balaban J connectivity index is 0.00000560. The highest BCUT2D eigenvalue weighted by Crippen LogP contribution is 2.41. The first-order valence-electron chi connectivity index (χ1n) is 14.4. The van der Waals surface area contributed by atoms with Gasteiger partial charge >= 0.3 is 0 Å². The number of carbonyl (C=O) groups excluding carboxylic acids is 1. The molecule has 1 saturated carbocycles. The largest absolute Gasteiger partial charge is 0.493 e. The molecule has 0 aromatic heterocycles. The second kappa shape index (κ2) is 16.8. The molecule has 8 heteroatoms. The minimum atomic E-state index is -0.819. The van der Waals surface area contributed by atoms with Crippen LogP contribution in [0.25, 0.3) is 0 Å². The van der Waals surface area contributed by atoms with E-state index in [1.54, 1.807) is 14.2 Å². The van der Waals surface area contributed by atoms with Crippen molar-refractivity contribution in [2.45, 2.75) is 76.4 Å². The molecule has 0 radical (unpaired) electrons. The Morgan fingerprint density at radius 2 is 1.75 bits per heavy atom. The molecule has 3 unspecified atom stereocenters. The molecule has 2 aromatic carbocycles. The van der Waals surface area contributed by atoms with Gasteiger partial charge in [-0.2, -0.15) is 0 Å². The van der Waals surface area contributed by atoms with Crippen molar-refractivity contribution in [1.82, 2.24) is 5.32 Å². The third-order valence-corrected chi connectivity index (χ3v) is 8.18. The number of hydrogen-bond acceptors (Lipinski definition) is 6. The van der Waals surface area contributed by atoms with Crippen molar-refractivity contribution in [1.29, 1.82) is 0 Å². The summed E-state index contributed by atoms with van der Waals surface area (Å²) in [5.74, 6) is 2.04. The van der Waals surface area contributed by atoms with Gasteiger partial charge in [0.1, 0.15) is 0 Å². The lowest BCUT2D eigenvalue weighted by Gasteiger charge is -2.30. The maximum atomic E-state index is 13.4. The number of benzene rings is 2. The number of amides is 1. The first-order valence-corrected chi connectivity index (χ1v) is 14.4. The lowest BCUT2D eigenvalue weighted by atomic mass is 9.78. The van der Waals surface area contributed by atoms with Gasteiger partial charge in [-0.3, -0.25) is 4.79 Å². The molecule has 0 heterocycles. The van der Waals surface area contributed by atoms with Crippen LogP contribution in [0, 0.1) is 11.8 Å². The van der Waals surface area contributed by atoms with Crippen LogP contribution < -0.4 is 20.5 Å². The first-order chi connectivity index (χ1) is 18.8. The van der Waals surface area contributed by atoms with E-state index in [0.717, 1.165) is 55.4 Å². The van der Waals surface area contributed by atoms with Crippen LogP contribution in [0.15, 0.2) is 48.5 Å². The van der Waals surface area contributed by atoms with Crippen LogP contribution in [0.4, 0.5) is 0 Å². The van der Waals surface area contributed by atoms with Gasteiger partial charge in [-0.15, -0.1) is 12.4 Å². The van der Waals surface area contributed by atoms with Gasteiger partial charge in [-0.1, -0.05) is 63.1 Å². The zero-order valence-electron chi connectivity index (χ0n) is 24.6. The van der Waals surface area contributed by atoms with E-state index in [9.17, 15) is 9.90 Å². The minimum Gasteiger partial charge on any atom is -0.493 e. The lowest BCUT2D eigenvalue weighted by Crippen LogP contribution is -2.49. The highest BCUT2D eigenvalue weighted by atomic mass is 35.5. The van der Waals surface area contributed by atoms with E-state index in [2.05, 4.69) is 25.2 Å². The Kier molecular flexibility index (Phi) is 14.3. The number of nitrogens with two attached hydrogens (primary N) is 1. The van der Waals surface area contributed by atoms with E-state index >= 15 is 0 Å². The lowest BCUT2D eigenvalue weighted by molar-refractivity contribution is -0.127. The van der Waals surface area contributed by atoms with Crippen LogP contribution in [-0.2, 0) is 21.4 Å². The number of nitrogens with one attached hydrogen (secondary N) is 1. The molecular formula is C32H49ClN2O5. The fourth-order valence-electron chi connectivity index (χ4n) is 5.65. The molecule has 1 amide bonds. The standard InChI is InChI=1S/C32H48N2O5.ClH/c1-23(2)25(19-24-13-14-29(38-4)30(20-24)39-18-10-17-37-3)21-27(33)28(35)22-34-31(36)32(15-8-9-16-32)26-11-6-5-7-12-26;/h5-7,11-14,20,23,25,27-28,35H,8-10,15-19,21-22,33H2,1-4H3,(H,34,36);1H. The van der Waals surface area contributed by atoms with Gasteiger partial charge < -0.3 is 30.4 Å². The summed E-state index contributed by atoms with van der Waals surface area (Å²) in [6.45, 7) is 5.71. The SMILES string of the molecule is COCCCOc1cc(CC(CC(N)C(O)CNC(=O)C2(c3ccccc3)CCCC2)C(C)C)ccc1OC.Cl. The first kappa shape index (κ1) is 33.9. The summed E-state index contributed by atoms with van der Waals surface area (Å²) in [6, 6.07) is 15.6. The molecule has 0 spiro atoms. The van der Waals surface area contributed by atoms with E-state index in [-0.39, 0.29) is 30.8 Å². The Morgan fingerprint density at radius 3 is 2.38 bits per heavy atom. The number of hydrogen-bond donors (Lipinski definition) is 3. The van der Waals surface area contributed by atoms with Crippen molar-refractivity contribution in [2.24, 2.45) is 17.6 Å². The third-order valence-electron chi connectivity index (χ3n) is 8.18. The summed E-state index contributed by atoms with van der Waals surface area (Å²) in [6.07, 6.45) is 5.17. The molecule has 3 atom stereocenters. The second-order valence-electron chi connectivity index (χ2n) is 11.2. The van der Waals surface area contributed by atoms with Crippen molar-refractivity contribution < 1.29 is 24.1 Å². The molecule has 3 rings (SSSR count). The number of aliphatic hydroxyl groups excluding tert-OH is 1. The predicted octanol–water partition coefficient (Wildman–Crippen LogP) is 5.05. The fourth-order valence-corrected chi connectivity index (χ4v) is 5.65. The topological polar surface area (TPSA) is 103 Å². The van der Waals surface area contributed by atoms with Gasteiger partial charge in [0, 0.05) is 32.7 Å². The van der Waals surface area contributed by atoms with Gasteiger partial charge in [0.15, 0.2) is 11.5 Å². The summed E-state index contributed by atoms with van der Waals surface area (Å²) in [5.41, 5.74) is 8.19. The molecule has 0 saturated heterocycles. The minimum absolute atomic E-state index is 0. The third kappa shape index (κ3) is 9.10. The van der Waals surface area contributed by atoms with Gasteiger partial charge in [-0.05, 0) is 60.8 Å². The summed E-state index contributed by atoms with van der Waals surface area (Å²) in [4.78, 5) is 13.4. The van der Waals surface area contributed by atoms with Gasteiger partial charge in [0.25, 0.3) is 0 Å². The number of methoxy groups -OCH3 is 2. The monoisotopic (exact) mass is 576 g/mol. The fraction of sp³-hybridized carbons (Fsp3) is 0.594. The van der Waals surface area contributed by atoms with Crippen molar-refractivity contribution in [2.75, 3.05) is 34.0 Å². The Morgan fingerprint density at radius 1 is 1.05 bits per heavy atom. The highest BCUT2D eigenvalue weighted by Gasteiger charge is 2.42. The molecule has 224 valence electrons. The van der Waals surface area contributed by atoms with E-state index in [0.29, 0.717) is 31.3 Å². The van der Waals surface area contributed by atoms with Crippen molar-refractivity contribution in [3.8, 4) is 11.5 Å². The quantitative estimate of drug-likeness (QED) is 0.242. The van der Waals surface area contributed by atoms with Crippen LogP contribution in [0.5, 0.6) is 11.5 Å². The van der Waals surface area contributed by atoms with E-state index in [4.69, 9.17) is 19.9 Å². The summed E-state index contributed by atoms with van der Waals surface area (Å²) in [7, 11) is 3.32. The average Bonchev–Trinajstić information content (AvgIpc) is 3.45. The molecule has 1 aliphatic rings. The highest BCUT2D eigenvalue weighted by molar-refractivity contribution is 5.88. The van der Waals surface area contributed by atoms with Crippen LogP contribution in [0.3, 0.4) is 0 Å².